The third-order valence-electron chi connectivity index (χ3n) is 5.57. The minimum atomic E-state index is -0.242. The molecule has 0 saturated heterocycles. The lowest BCUT2D eigenvalue weighted by Crippen LogP contribution is -2.22. The highest BCUT2D eigenvalue weighted by atomic mass is 32.1. The van der Waals surface area contributed by atoms with Gasteiger partial charge >= 0.3 is 0 Å². The van der Waals surface area contributed by atoms with E-state index >= 15 is 0 Å². The van der Waals surface area contributed by atoms with Gasteiger partial charge in [0.2, 0.25) is 0 Å². The Balaban J connectivity index is 1.53. The number of nitrogens with zero attached hydrogens (tertiary/aromatic N) is 3. The van der Waals surface area contributed by atoms with Crippen molar-refractivity contribution in [2.24, 2.45) is 5.10 Å². The van der Waals surface area contributed by atoms with E-state index in [-0.39, 0.29) is 11.3 Å². The molecule has 0 unspecified atom stereocenters. The van der Waals surface area contributed by atoms with Crippen LogP contribution in [0.25, 0.3) is 0 Å². The molecule has 1 aliphatic carbocycles. The molecule has 4 rings (SSSR count). The number of aryl methyl sites for hydroxylation is 3. The van der Waals surface area contributed by atoms with E-state index in [1.807, 2.05) is 12.1 Å². The topological polar surface area (TPSA) is 59.3 Å². The first-order chi connectivity index (χ1) is 14.8. The Hall–Kier alpha value is -2.73. The average Bonchev–Trinajstić information content (AvgIpc) is 3.31. The molecule has 31 heavy (non-hydrogen) atoms. The van der Waals surface area contributed by atoms with Crippen LogP contribution < -0.4 is 5.43 Å². The second-order valence-corrected chi connectivity index (χ2v) is 10.5. The van der Waals surface area contributed by atoms with Gasteiger partial charge in [0.1, 0.15) is 5.69 Å². The molecule has 0 radical (unpaired) electrons. The Labute approximate surface area is 188 Å². The van der Waals surface area contributed by atoms with Crippen molar-refractivity contribution in [1.29, 1.82) is 0 Å². The number of carbonyl (C=O) groups excluding carboxylic acids is 1. The number of benzene rings is 1. The van der Waals surface area contributed by atoms with Gasteiger partial charge < -0.3 is 0 Å². The number of thiophene rings is 1. The molecule has 0 saturated carbocycles. The van der Waals surface area contributed by atoms with Crippen molar-refractivity contribution < 1.29 is 4.79 Å². The van der Waals surface area contributed by atoms with Gasteiger partial charge in [0.05, 0.1) is 18.5 Å². The number of rotatable bonds is 5. The van der Waals surface area contributed by atoms with Crippen molar-refractivity contribution in [3.8, 4) is 0 Å². The summed E-state index contributed by atoms with van der Waals surface area (Å²) >= 11 is 1.78. The number of hydrogen-bond donors (Lipinski definition) is 1. The molecule has 0 fully saturated rings. The van der Waals surface area contributed by atoms with E-state index in [2.05, 4.69) is 62.5 Å². The molecule has 1 aliphatic rings. The lowest BCUT2D eigenvalue weighted by atomic mass is 9.92. The van der Waals surface area contributed by atoms with Gasteiger partial charge in [-0.05, 0) is 55.9 Å². The van der Waals surface area contributed by atoms with Gasteiger partial charge in [-0.3, -0.25) is 9.48 Å². The highest BCUT2D eigenvalue weighted by molar-refractivity contribution is 7.13. The van der Waals surface area contributed by atoms with Gasteiger partial charge in [-0.2, -0.15) is 10.2 Å². The molecule has 5 nitrogen and oxygen atoms in total. The Morgan fingerprint density at radius 3 is 2.77 bits per heavy atom. The molecular formula is C25H30N4OS. The summed E-state index contributed by atoms with van der Waals surface area (Å²) in [5.41, 5.74) is 7.72. The van der Waals surface area contributed by atoms with Gasteiger partial charge in [0, 0.05) is 15.2 Å². The monoisotopic (exact) mass is 434 g/mol. The summed E-state index contributed by atoms with van der Waals surface area (Å²) in [6.07, 6.45) is 6.60. The number of amides is 1. The maximum Gasteiger partial charge on any atom is 0.289 e. The van der Waals surface area contributed by atoms with Crippen LogP contribution in [0.2, 0.25) is 0 Å². The Morgan fingerprint density at radius 1 is 1.23 bits per heavy atom. The zero-order chi connectivity index (χ0) is 22.0. The van der Waals surface area contributed by atoms with Crippen molar-refractivity contribution in [2.45, 2.75) is 65.3 Å². The van der Waals surface area contributed by atoms with E-state index in [9.17, 15) is 4.79 Å². The fourth-order valence-corrected chi connectivity index (χ4v) is 4.99. The minimum Gasteiger partial charge on any atom is -0.266 e. The molecule has 0 atom stereocenters. The summed E-state index contributed by atoms with van der Waals surface area (Å²) in [5.74, 6) is -0.242. The second-order valence-electron chi connectivity index (χ2n) is 9.31. The smallest absolute Gasteiger partial charge is 0.266 e. The van der Waals surface area contributed by atoms with E-state index in [1.165, 1.54) is 28.8 Å². The van der Waals surface area contributed by atoms with Gasteiger partial charge in [-0.25, -0.2) is 5.43 Å². The highest BCUT2D eigenvalue weighted by Gasteiger charge is 2.23. The number of hydrogen-bond acceptors (Lipinski definition) is 4. The van der Waals surface area contributed by atoms with Crippen LogP contribution in [0, 0.1) is 6.92 Å². The minimum absolute atomic E-state index is 0.147. The quantitative estimate of drug-likeness (QED) is 0.441. The molecule has 162 valence electrons. The van der Waals surface area contributed by atoms with Crippen LogP contribution in [-0.2, 0) is 24.8 Å². The Morgan fingerprint density at radius 2 is 2.03 bits per heavy atom. The third kappa shape index (κ3) is 5.13. The number of fused-ring (bicyclic) bond motifs is 1. The summed E-state index contributed by atoms with van der Waals surface area (Å²) in [6, 6.07) is 12.4. The van der Waals surface area contributed by atoms with Crippen molar-refractivity contribution in [2.75, 3.05) is 0 Å². The van der Waals surface area contributed by atoms with Crippen LogP contribution in [0.4, 0.5) is 0 Å². The second kappa shape index (κ2) is 8.79. The van der Waals surface area contributed by atoms with Crippen LogP contribution in [0.1, 0.15) is 76.2 Å². The Bertz CT molecular complexity index is 1090. The molecule has 1 aromatic carbocycles. The molecule has 0 aliphatic heterocycles. The van der Waals surface area contributed by atoms with Crippen molar-refractivity contribution in [1.82, 2.24) is 15.2 Å². The van der Waals surface area contributed by atoms with Crippen LogP contribution >= 0.6 is 11.3 Å². The van der Waals surface area contributed by atoms with Crippen LogP contribution in [-0.4, -0.2) is 21.9 Å². The molecule has 2 aromatic heterocycles. The van der Waals surface area contributed by atoms with Crippen molar-refractivity contribution >= 4 is 23.5 Å². The van der Waals surface area contributed by atoms with Gasteiger partial charge in [-0.1, -0.05) is 50.6 Å². The normalized spacial score (nSPS) is 14.1. The third-order valence-corrected chi connectivity index (χ3v) is 6.74. The number of carbonyl (C=O) groups is 1. The molecule has 1 N–H and O–H groups in total. The number of aromatic nitrogens is 2. The lowest BCUT2D eigenvalue weighted by Gasteiger charge is -2.14. The lowest BCUT2D eigenvalue weighted by molar-refractivity contribution is 0.0945. The summed E-state index contributed by atoms with van der Waals surface area (Å²) < 4.78 is 1.78. The van der Waals surface area contributed by atoms with Crippen LogP contribution in [0.3, 0.4) is 0 Å². The van der Waals surface area contributed by atoms with Crippen LogP contribution in [0.15, 0.2) is 41.5 Å². The highest BCUT2D eigenvalue weighted by Crippen LogP contribution is 2.28. The zero-order valence-electron chi connectivity index (χ0n) is 18.7. The molecular weight excluding hydrogens is 404 g/mol. The van der Waals surface area contributed by atoms with E-state index < -0.39 is 0 Å². The average molecular weight is 435 g/mol. The van der Waals surface area contributed by atoms with Gasteiger partial charge in [0.25, 0.3) is 5.91 Å². The molecule has 1 amide bonds. The predicted molar refractivity (Wildman–Crippen MR) is 127 cm³/mol. The molecule has 3 aromatic rings. The van der Waals surface area contributed by atoms with E-state index in [1.54, 1.807) is 22.2 Å². The SMILES string of the molecule is Cc1cccc(Cn2nc(C(C)(C)C)cc2C(=O)N/N=C/c2cc3c(s2)CCCC3)c1. The largest absolute Gasteiger partial charge is 0.289 e. The van der Waals surface area contributed by atoms with Gasteiger partial charge in [-0.15, -0.1) is 11.3 Å². The van der Waals surface area contributed by atoms with E-state index in [4.69, 9.17) is 5.10 Å². The summed E-state index contributed by atoms with van der Waals surface area (Å²) in [6.45, 7) is 8.92. The molecule has 2 heterocycles. The summed E-state index contributed by atoms with van der Waals surface area (Å²) in [7, 11) is 0. The predicted octanol–water partition coefficient (Wildman–Crippen LogP) is 5.24. The maximum absolute atomic E-state index is 13.0. The summed E-state index contributed by atoms with van der Waals surface area (Å²) in [5, 5.41) is 8.98. The Kier molecular flexibility index (Phi) is 6.10. The van der Waals surface area contributed by atoms with Crippen molar-refractivity contribution in [3.05, 3.63) is 74.2 Å². The maximum atomic E-state index is 13.0. The standard InChI is InChI=1S/C25H30N4OS/c1-17-8-7-9-18(12-17)16-29-21(14-23(28-29)25(2,3)4)24(30)27-26-15-20-13-19-10-5-6-11-22(19)31-20/h7-9,12-15H,5-6,10-11,16H2,1-4H3,(H,27,30)/b26-15+. The number of hydrazone groups is 1. The van der Waals surface area contributed by atoms with Gasteiger partial charge in [0.15, 0.2) is 0 Å². The first-order valence-electron chi connectivity index (χ1n) is 10.9. The fraction of sp³-hybridized carbons (Fsp3) is 0.400. The van der Waals surface area contributed by atoms with Crippen molar-refractivity contribution in [3.63, 3.8) is 0 Å². The van der Waals surface area contributed by atoms with Crippen LogP contribution in [0.5, 0.6) is 0 Å². The zero-order valence-corrected chi connectivity index (χ0v) is 19.6. The molecule has 0 bridgehead atoms. The van der Waals surface area contributed by atoms with E-state index in [0.29, 0.717) is 12.2 Å². The van der Waals surface area contributed by atoms with E-state index in [0.717, 1.165) is 29.0 Å². The molecule has 0 spiro atoms. The molecule has 6 heteroatoms. The summed E-state index contributed by atoms with van der Waals surface area (Å²) in [4.78, 5) is 15.5. The first-order valence-corrected chi connectivity index (χ1v) is 11.7. The number of nitrogens with one attached hydrogen (secondary N) is 1. The fourth-order valence-electron chi connectivity index (χ4n) is 3.86. The first kappa shape index (κ1) is 21.5.